The van der Waals surface area contributed by atoms with Gasteiger partial charge in [0.25, 0.3) is 0 Å². The molecule has 0 unspecified atom stereocenters. The number of amides is 1. The fraction of sp³-hybridized carbons (Fsp3) is 0.450. The summed E-state index contributed by atoms with van der Waals surface area (Å²) in [5, 5.41) is 7.12. The first-order valence-corrected chi connectivity index (χ1v) is 9.64. The van der Waals surface area contributed by atoms with Gasteiger partial charge >= 0.3 is 5.69 Å². The van der Waals surface area contributed by atoms with Crippen molar-refractivity contribution >= 4 is 22.6 Å². The van der Waals surface area contributed by atoms with Gasteiger partial charge in [-0.15, -0.1) is 0 Å². The van der Waals surface area contributed by atoms with Crippen LogP contribution in [0.4, 0.5) is 5.69 Å². The van der Waals surface area contributed by atoms with E-state index in [1.807, 2.05) is 51.5 Å². The Morgan fingerprint density at radius 3 is 2.43 bits per heavy atom. The Morgan fingerprint density at radius 2 is 1.79 bits per heavy atom. The minimum atomic E-state index is -0.133. The molecule has 0 aliphatic rings. The van der Waals surface area contributed by atoms with E-state index in [1.54, 1.807) is 20.0 Å². The van der Waals surface area contributed by atoms with Gasteiger partial charge in [-0.2, -0.15) is 5.10 Å². The highest BCUT2D eigenvalue weighted by Gasteiger charge is 2.13. The lowest BCUT2D eigenvalue weighted by molar-refractivity contribution is -0.116. The predicted octanol–water partition coefficient (Wildman–Crippen LogP) is 2.00. The summed E-state index contributed by atoms with van der Waals surface area (Å²) in [4.78, 5) is 27.2. The van der Waals surface area contributed by atoms with Crippen LogP contribution in [0.3, 0.4) is 0 Å². The first-order valence-electron chi connectivity index (χ1n) is 9.64. The molecule has 8 heteroatoms. The lowest BCUT2D eigenvalue weighted by Crippen LogP contribution is -2.26. The topological polar surface area (TPSA) is 77.1 Å². The molecule has 0 radical (unpaired) electrons. The average Bonchev–Trinajstić information content (AvgIpc) is 3.22. The average molecular weight is 384 g/mol. The molecule has 0 aliphatic carbocycles. The summed E-state index contributed by atoms with van der Waals surface area (Å²) in [6, 6.07) is 7.72. The third-order valence-electron chi connectivity index (χ3n) is 4.63. The van der Waals surface area contributed by atoms with E-state index in [0.717, 1.165) is 30.5 Å². The molecule has 0 saturated heterocycles. The second-order valence-electron chi connectivity index (χ2n) is 7.17. The number of carbonyl (C=O) groups excluding carboxylic acids is 1. The normalized spacial score (nSPS) is 11.4. The van der Waals surface area contributed by atoms with Crippen molar-refractivity contribution in [3.63, 3.8) is 0 Å². The number of aromatic nitrogens is 4. The van der Waals surface area contributed by atoms with E-state index >= 15 is 0 Å². The molecule has 1 amide bonds. The molecule has 3 aromatic rings. The Kier molecular flexibility index (Phi) is 6.30. The van der Waals surface area contributed by atoms with E-state index in [-0.39, 0.29) is 18.0 Å². The predicted molar refractivity (Wildman–Crippen MR) is 111 cm³/mol. The molecule has 1 aromatic carbocycles. The van der Waals surface area contributed by atoms with Crippen LogP contribution in [0.5, 0.6) is 0 Å². The van der Waals surface area contributed by atoms with E-state index in [0.29, 0.717) is 18.8 Å². The molecule has 8 nitrogen and oxygen atoms in total. The highest BCUT2D eigenvalue weighted by molar-refractivity contribution is 5.90. The van der Waals surface area contributed by atoms with Crippen LogP contribution in [-0.2, 0) is 24.4 Å². The van der Waals surface area contributed by atoms with Crippen molar-refractivity contribution < 1.29 is 4.79 Å². The minimum absolute atomic E-state index is 0.0626. The number of imidazole rings is 1. The van der Waals surface area contributed by atoms with Crippen LogP contribution >= 0.6 is 0 Å². The zero-order chi connectivity index (χ0) is 20.1. The van der Waals surface area contributed by atoms with Crippen LogP contribution in [0.2, 0.25) is 0 Å². The summed E-state index contributed by atoms with van der Waals surface area (Å²) in [6.07, 6.45) is 4.57. The first-order chi connectivity index (χ1) is 13.5. The van der Waals surface area contributed by atoms with Gasteiger partial charge in [0.15, 0.2) is 0 Å². The Morgan fingerprint density at radius 1 is 1.11 bits per heavy atom. The molecule has 0 aliphatic heterocycles. The molecule has 0 atom stereocenters. The number of hydrogen-bond acceptors (Lipinski definition) is 4. The zero-order valence-electron chi connectivity index (χ0n) is 16.8. The number of para-hydroxylation sites is 2. The van der Waals surface area contributed by atoms with E-state index in [9.17, 15) is 9.59 Å². The molecule has 3 rings (SSSR count). The zero-order valence-corrected chi connectivity index (χ0v) is 16.8. The van der Waals surface area contributed by atoms with Gasteiger partial charge in [-0.05, 0) is 32.6 Å². The highest BCUT2D eigenvalue weighted by atomic mass is 16.2. The van der Waals surface area contributed by atoms with Crippen molar-refractivity contribution in [2.75, 3.05) is 26.0 Å². The van der Waals surface area contributed by atoms with Crippen molar-refractivity contribution in [3.05, 3.63) is 47.1 Å². The number of nitrogens with zero attached hydrogens (tertiary/aromatic N) is 5. The van der Waals surface area contributed by atoms with Crippen molar-refractivity contribution in [1.82, 2.24) is 23.8 Å². The van der Waals surface area contributed by atoms with Crippen molar-refractivity contribution in [1.29, 1.82) is 0 Å². The SMILES string of the molecule is CCCn1c(=O)n(CCC(=O)Nc2cnn(CCN(C)C)c2)c2ccccc21. The van der Waals surface area contributed by atoms with E-state index in [4.69, 9.17) is 0 Å². The number of rotatable bonds is 9. The minimum Gasteiger partial charge on any atom is -0.323 e. The van der Waals surface area contributed by atoms with Crippen LogP contribution in [-0.4, -0.2) is 50.4 Å². The molecule has 2 aromatic heterocycles. The summed E-state index contributed by atoms with van der Waals surface area (Å²) < 4.78 is 5.27. The second kappa shape index (κ2) is 8.88. The van der Waals surface area contributed by atoms with Crippen LogP contribution in [0, 0.1) is 0 Å². The van der Waals surface area contributed by atoms with Gasteiger partial charge < -0.3 is 10.2 Å². The van der Waals surface area contributed by atoms with Gasteiger partial charge in [0.1, 0.15) is 0 Å². The Balaban J connectivity index is 1.65. The number of aryl methyl sites for hydroxylation is 2. The first kappa shape index (κ1) is 19.9. The number of benzene rings is 1. The maximum atomic E-state index is 12.8. The molecule has 0 saturated carbocycles. The molecule has 0 spiro atoms. The summed E-state index contributed by atoms with van der Waals surface area (Å²) in [7, 11) is 4.01. The highest BCUT2D eigenvalue weighted by Crippen LogP contribution is 2.14. The molecular formula is C20H28N6O2. The van der Waals surface area contributed by atoms with Gasteiger partial charge in [-0.3, -0.25) is 18.6 Å². The van der Waals surface area contributed by atoms with Gasteiger partial charge in [-0.25, -0.2) is 4.79 Å². The summed E-state index contributed by atoms with van der Waals surface area (Å²) in [5.41, 5.74) is 2.39. The number of anilines is 1. The lowest BCUT2D eigenvalue weighted by atomic mass is 10.3. The molecule has 28 heavy (non-hydrogen) atoms. The number of nitrogens with one attached hydrogen (secondary N) is 1. The Labute approximate surface area is 164 Å². The summed E-state index contributed by atoms with van der Waals surface area (Å²) in [6.45, 7) is 4.70. The quantitative estimate of drug-likeness (QED) is 0.612. The van der Waals surface area contributed by atoms with Crippen LogP contribution < -0.4 is 11.0 Å². The van der Waals surface area contributed by atoms with E-state index < -0.39 is 0 Å². The largest absolute Gasteiger partial charge is 0.329 e. The Hall–Kier alpha value is -2.87. The summed E-state index contributed by atoms with van der Waals surface area (Å²) >= 11 is 0. The number of carbonyl (C=O) groups is 1. The fourth-order valence-corrected chi connectivity index (χ4v) is 3.22. The van der Waals surface area contributed by atoms with Crippen molar-refractivity contribution in [3.8, 4) is 0 Å². The van der Waals surface area contributed by atoms with E-state index in [2.05, 4.69) is 15.3 Å². The maximum Gasteiger partial charge on any atom is 0.329 e. The number of likely N-dealkylation sites (N-methyl/N-ethyl adjacent to an activating group) is 1. The molecule has 0 fully saturated rings. The second-order valence-corrected chi connectivity index (χ2v) is 7.17. The van der Waals surface area contributed by atoms with Gasteiger partial charge in [0.2, 0.25) is 5.91 Å². The monoisotopic (exact) mass is 384 g/mol. The van der Waals surface area contributed by atoms with Gasteiger partial charge in [0, 0.05) is 32.3 Å². The molecule has 150 valence electrons. The Bertz CT molecular complexity index is 998. The van der Waals surface area contributed by atoms with Crippen molar-refractivity contribution in [2.24, 2.45) is 0 Å². The molecule has 0 bridgehead atoms. The lowest BCUT2D eigenvalue weighted by Gasteiger charge is -2.08. The number of hydrogen-bond donors (Lipinski definition) is 1. The fourth-order valence-electron chi connectivity index (χ4n) is 3.22. The number of fused-ring (bicyclic) bond motifs is 1. The molecule has 1 N–H and O–H groups in total. The third kappa shape index (κ3) is 4.51. The smallest absolute Gasteiger partial charge is 0.323 e. The molecule has 2 heterocycles. The third-order valence-corrected chi connectivity index (χ3v) is 4.63. The van der Waals surface area contributed by atoms with Gasteiger partial charge in [-0.1, -0.05) is 19.1 Å². The molecular weight excluding hydrogens is 356 g/mol. The summed E-state index contributed by atoms with van der Waals surface area (Å²) in [5.74, 6) is -0.133. The van der Waals surface area contributed by atoms with Gasteiger partial charge in [0.05, 0.1) is 29.5 Å². The van der Waals surface area contributed by atoms with Crippen LogP contribution in [0.15, 0.2) is 41.5 Å². The van der Waals surface area contributed by atoms with E-state index in [1.165, 1.54) is 0 Å². The van der Waals surface area contributed by atoms with Crippen LogP contribution in [0.25, 0.3) is 11.0 Å². The van der Waals surface area contributed by atoms with Crippen LogP contribution in [0.1, 0.15) is 19.8 Å². The standard InChI is InChI=1S/C20H28N6O2/c1-4-10-25-17-7-5-6-8-18(17)26(20(25)28)11-9-19(27)22-16-14-21-24(15-16)13-12-23(2)3/h5-8,14-15H,4,9-13H2,1-3H3,(H,22,27). The maximum absolute atomic E-state index is 12.8. The van der Waals surface area contributed by atoms with Crippen molar-refractivity contribution in [2.45, 2.75) is 39.4 Å².